The lowest BCUT2D eigenvalue weighted by molar-refractivity contribution is 0.102. The minimum Gasteiger partial charge on any atom is -0.307 e. The number of halogens is 2. The molecule has 1 amide bonds. The molecule has 0 unspecified atom stereocenters. The standard InChI is InChI=1S/C10H7ClFN3O/c11-7-2-1-6(5-8(7)12)10(16)14-9-3-4-13-15-9/h1-5H,(H2,13,14,15,16). The Hall–Kier alpha value is -1.88. The minimum atomic E-state index is -0.626. The van der Waals surface area contributed by atoms with Crippen LogP contribution < -0.4 is 5.32 Å². The number of benzene rings is 1. The summed E-state index contributed by atoms with van der Waals surface area (Å²) in [6, 6.07) is 5.44. The van der Waals surface area contributed by atoms with Crippen molar-refractivity contribution in [3.05, 3.63) is 46.9 Å². The number of H-pyrrole nitrogens is 1. The zero-order valence-electron chi connectivity index (χ0n) is 8.00. The molecule has 0 bridgehead atoms. The first kappa shape index (κ1) is 10.6. The largest absolute Gasteiger partial charge is 0.307 e. The lowest BCUT2D eigenvalue weighted by atomic mass is 10.2. The van der Waals surface area contributed by atoms with Crippen molar-refractivity contribution in [2.45, 2.75) is 0 Å². The fraction of sp³-hybridized carbons (Fsp3) is 0. The Kier molecular flexibility index (Phi) is 2.87. The summed E-state index contributed by atoms with van der Waals surface area (Å²) in [7, 11) is 0. The van der Waals surface area contributed by atoms with Crippen LogP contribution in [0.15, 0.2) is 30.5 Å². The molecular weight excluding hydrogens is 233 g/mol. The number of anilines is 1. The first-order valence-electron chi connectivity index (χ1n) is 4.42. The molecule has 0 radical (unpaired) electrons. The summed E-state index contributed by atoms with van der Waals surface area (Å²) in [5.41, 5.74) is 0.191. The van der Waals surface area contributed by atoms with Gasteiger partial charge in [0.05, 0.1) is 11.2 Å². The molecular formula is C10H7ClFN3O. The van der Waals surface area contributed by atoms with Gasteiger partial charge in [-0.05, 0) is 18.2 Å². The lowest BCUT2D eigenvalue weighted by Gasteiger charge is -2.02. The van der Waals surface area contributed by atoms with Crippen LogP contribution in [0.4, 0.5) is 10.2 Å². The molecule has 0 aliphatic rings. The quantitative estimate of drug-likeness (QED) is 0.846. The number of amides is 1. The van der Waals surface area contributed by atoms with Gasteiger partial charge in [0.1, 0.15) is 11.6 Å². The summed E-state index contributed by atoms with van der Waals surface area (Å²) in [6.45, 7) is 0. The van der Waals surface area contributed by atoms with Crippen LogP contribution in [0, 0.1) is 5.82 Å². The van der Waals surface area contributed by atoms with Crippen LogP contribution >= 0.6 is 11.6 Å². The van der Waals surface area contributed by atoms with Crippen molar-refractivity contribution in [2.75, 3.05) is 5.32 Å². The van der Waals surface area contributed by atoms with Crippen LogP contribution in [-0.2, 0) is 0 Å². The number of aromatic nitrogens is 2. The van der Waals surface area contributed by atoms with Crippen molar-refractivity contribution in [3.63, 3.8) is 0 Å². The number of nitrogens with one attached hydrogen (secondary N) is 2. The Morgan fingerprint density at radius 3 is 2.88 bits per heavy atom. The molecule has 0 aliphatic heterocycles. The van der Waals surface area contributed by atoms with Crippen LogP contribution in [0.1, 0.15) is 10.4 Å². The third-order valence-electron chi connectivity index (χ3n) is 1.93. The molecule has 1 heterocycles. The van der Waals surface area contributed by atoms with Crippen LogP contribution in [0.3, 0.4) is 0 Å². The fourth-order valence-electron chi connectivity index (χ4n) is 1.16. The van der Waals surface area contributed by atoms with E-state index in [0.29, 0.717) is 5.82 Å². The molecule has 16 heavy (non-hydrogen) atoms. The average molecular weight is 240 g/mol. The van der Waals surface area contributed by atoms with Gasteiger partial charge in [-0.25, -0.2) is 4.39 Å². The molecule has 0 saturated carbocycles. The molecule has 0 saturated heterocycles. The van der Waals surface area contributed by atoms with Gasteiger partial charge in [-0.3, -0.25) is 9.89 Å². The highest BCUT2D eigenvalue weighted by molar-refractivity contribution is 6.30. The first-order valence-corrected chi connectivity index (χ1v) is 4.80. The molecule has 1 aromatic heterocycles. The predicted molar refractivity (Wildman–Crippen MR) is 58.0 cm³/mol. The normalized spacial score (nSPS) is 10.1. The molecule has 0 fully saturated rings. The minimum absolute atomic E-state index is 0.0157. The van der Waals surface area contributed by atoms with Gasteiger partial charge in [0.2, 0.25) is 0 Å². The highest BCUT2D eigenvalue weighted by Gasteiger charge is 2.09. The number of carbonyl (C=O) groups excluding carboxylic acids is 1. The smallest absolute Gasteiger partial charge is 0.256 e. The lowest BCUT2D eigenvalue weighted by Crippen LogP contribution is -2.12. The van der Waals surface area contributed by atoms with Gasteiger partial charge in [-0.1, -0.05) is 11.6 Å². The molecule has 2 rings (SSSR count). The fourth-order valence-corrected chi connectivity index (χ4v) is 1.27. The monoisotopic (exact) mass is 239 g/mol. The third kappa shape index (κ3) is 2.20. The molecule has 6 heteroatoms. The molecule has 4 nitrogen and oxygen atoms in total. The summed E-state index contributed by atoms with van der Waals surface area (Å²) >= 11 is 5.51. The second kappa shape index (κ2) is 4.32. The molecule has 0 spiro atoms. The maximum atomic E-state index is 13.1. The zero-order valence-corrected chi connectivity index (χ0v) is 8.75. The third-order valence-corrected chi connectivity index (χ3v) is 2.24. The van der Waals surface area contributed by atoms with E-state index in [-0.39, 0.29) is 10.6 Å². The number of rotatable bonds is 2. The van der Waals surface area contributed by atoms with Crippen LogP contribution in [0.25, 0.3) is 0 Å². The molecule has 82 valence electrons. The van der Waals surface area contributed by atoms with Gasteiger partial charge in [0.25, 0.3) is 5.91 Å². The van der Waals surface area contributed by atoms with Crippen LogP contribution in [-0.4, -0.2) is 16.1 Å². The number of hydrogen-bond donors (Lipinski definition) is 2. The van der Waals surface area contributed by atoms with E-state index in [4.69, 9.17) is 11.6 Å². The first-order chi connectivity index (χ1) is 7.66. The van der Waals surface area contributed by atoms with Gasteiger partial charge in [-0.15, -0.1) is 0 Å². The van der Waals surface area contributed by atoms with E-state index in [1.807, 2.05) is 0 Å². The Morgan fingerprint density at radius 2 is 2.25 bits per heavy atom. The van der Waals surface area contributed by atoms with Gasteiger partial charge >= 0.3 is 0 Å². The summed E-state index contributed by atoms with van der Waals surface area (Å²) in [6.07, 6.45) is 1.50. The van der Waals surface area contributed by atoms with Gasteiger partial charge in [-0.2, -0.15) is 5.10 Å². The van der Waals surface area contributed by atoms with Crippen molar-refractivity contribution in [2.24, 2.45) is 0 Å². The van der Waals surface area contributed by atoms with E-state index >= 15 is 0 Å². The van der Waals surface area contributed by atoms with E-state index in [1.165, 1.54) is 18.3 Å². The van der Waals surface area contributed by atoms with E-state index in [9.17, 15) is 9.18 Å². The highest BCUT2D eigenvalue weighted by Crippen LogP contribution is 2.16. The van der Waals surface area contributed by atoms with E-state index in [0.717, 1.165) is 6.07 Å². The molecule has 0 aliphatic carbocycles. The summed E-state index contributed by atoms with van der Waals surface area (Å²) in [5.74, 6) is -0.612. The van der Waals surface area contributed by atoms with Crippen molar-refractivity contribution in [1.29, 1.82) is 0 Å². The topological polar surface area (TPSA) is 57.8 Å². The zero-order chi connectivity index (χ0) is 11.5. The Balaban J connectivity index is 2.18. The number of hydrogen-bond acceptors (Lipinski definition) is 2. The maximum absolute atomic E-state index is 13.1. The van der Waals surface area contributed by atoms with Crippen molar-refractivity contribution in [3.8, 4) is 0 Å². The highest BCUT2D eigenvalue weighted by atomic mass is 35.5. The SMILES string of the molecule is O=C(Nc1ccn[nH]1)c1ccc(Cl)c(F)c1. The Morgan fingerprint density at radius 1 is 1.44 bits per heavy atom. The summed E-state index contributed by atoms with van der Waals surface area (Å²) < 4.78 is 13.1. The Labute approximate surface area is 95.4 Å². The van der Waals surface area contributed by atoms with Crippen molar-refractivity contribution >= 4 is 23.3 Å². The molecule has 0 atom stereocenters. The maximum Gasteiger partial charge on any atom is 0.256 e. The molecule has 2 N–H and O–H groups in total. The Bertz CT molecular complexity index is 513. The van der Waals surface area contributed by atoms with Gasteiger partial charge in [0, 0.05) is 11.6 Å². The second-order valence-corrected chi connectivity index (χ2v) is 3.46. The summed E-state index contributed by atoms with van der Waals surface area (Å²) in [5, 5.41) is 8.73. The van der Waals surface area contributed by atoms with E-state index in [2.05, 4.69) is 15.5 Å². The predicted octanol–water partition coefficient (Wildman–Crippen LogP) is 2.45. The number of nitrogens with zero attached hydrogens (tertiary/aromatic N) is 1. The van der Waals surface area contributed by atoms with Crippen molar-refractivity contribution in [1.82, 2.24) is 10.2 Å². The van der Waals surface area contributed by atoms with Gasteiger partial charge in [0.15, 0.2) is 0 Å². The average Bonchev–Trinajstić information content (AvgIpc) is 2.74. The van der Waals surface area contributed by atoms with Gasteiger partial charge < -0.3 is 5.32 Å². The molecule has 2 aromatic rings. The second-order valence-electron chi connectivity index (χ2n) is 3.05. The van der Waals surface area contributed by atoms with Crippen LogP contribution in [0.2, 0.25) is 5.02 Å². The number of carbonyl (C=O) groups is 1. The molecule has 1 aromatic carbocycles. The summed E-state index contributed by atoms with van der Waals surface area (Å²) in [4.78, 5) is 11.6. The van der Waals surface area contributed by atoms with E-state index < -0.39 is 11.7 Å². The van der Waals surface area contributed by atoms with Crippen molar-refractivity contribution < 1.29 is 9.18 Å². The van der Waals surface area contributed by atoms with Crippen LogP contribution in [0.5, 0.6) is 0 Å². The number of aromatic amines is 1. The van der Waals surface area contributed by atoms with E-state index in [1.54, 1.807) is 6.07 Å².